The van der Waals surface area contributed by atoms with Crippen molar-refractivity contribution in [2.24, 2.45) is 0 Å². The normalized spacial score (nSPS) is 10.0. The van der Waals surface area contributed by atoms with E-state index in [0.29, 0.717) is 12.3 Å². The molecule has 0 aliphatic heterocycles. The standard InChI is InChI=1S/C13H14N4O4/c1-20-10-5-3-4-9(6-10)7-14-12-11(17(18)19)13(21-2)16-8-15-12/h3-6,8H,7H2,1-2H3,(H,14,15,16). The van der Waals surface area contributed by atoms with E-state index in [-0.39, 0.29) is 17.4 Å². The fourth-order valence-electron chi connectivity index (χ4n) is 1.77. The lowest BCUT2D eigenvalue weighted by Gasteiger charge is -2.08. The predicted octanol–water partition coefficient (Wildman–Crippen LogP) is 2.01. The molecule has 0 bridgehead atoms. The van der Waals surface area contributed by atoms with E-state index in [4.69, 9.17) is 9.47 Å². The van der Waals surface area contributed by atoms with Crippen LogP contribution in [0.25, 0.3) is 0 Å². The summed E-state index contributed by atoms with van der Waals surface area (Å²) in [7, 11) is 2.90. The van der Waals surface area contributed by atoms with Crippen LogP contribution in [-0.4, -0.2) is 29.1 Å². The molecule has 0 aliphatic carbocycles. The summed E-state index contributed by atoms with van der Waals surface area (Å²) in [6.07, 6.45) is 1.21. The summed E-state index contributed by atoms with van der Waals surface area (Å²) < 4.78 is 10.0. The van der Waals surface area contributed by atoms with Crippen LogP contribution in [0.5, 0.6) is 11.6 Å². The molecule has 8 heteroatoms. The van der Waals surface area contributed by atoms with Crippen molar-refractivity contribution in [2.45, 2.75) is 6.54 Å². The highest BCUT2D eigenvalue weighted by Gasteiger charge is 2.23. The monoisotopic (exact) mass is 290 g/mol. The molecule has 0 saturated heterocycles. The second kappa shape index (κ2) is 6.51. The third-order valence-electron chi connectivity index (χ3n) is 2.76. The van der Waals surface area contributed by atoms with E-state index >= 15 is 0 Å². The van der Waals surface area contributed by atoms with Crippen LogP contribution in [0.15, 0.2) is 30.6 Å². The van der Waals surface area contributed by atoms with E-state index in [9.17, 15) is 10.1 Å². The van der Waals surface area contributed by atoms with Crippen molar-refractivity contribution >= 4 is 11.5 Å². The van der Waals surface area contributed by atoms with Gasteiger partial charge >= 0.3 is 5.69 Å². The number of anilines is 1. The highest BCUT2D eigenvalue weighted by molar-refractivity contribution is 5.61. The second-order valence-electron chi connectivity index (χ2n) is 4.04. The zero-order valence-corrected chi connectivity index (χ0v) is 11.6. The van der Waals surface area contributed by atoms with E-state index in [1.54, 1.807) is 7.11 Å². The molecule has 8 nitrogen and oxygen atoms in total. The first-order valence-corrected chi connectivity index (χ1v) is 6.06. The number of nitro groups is 1. The molecular weight excluding hydrogens is 276 g/mol. The van der Waals surface area contributed by atoms with Crippen LogP contribution in [0.2, 0.25) is 0 Å². The SMILES string of the molecule is COc1cccc(CNc2ncnc(OC)c2[N+](=O)[O-])c1. The maximum absolute atomic E-state index is 11.1. The molecule has 0 atom stereocenters. The lowest BCUT2D eigenvalue weighted by molar-refractivity contribution is -0.385. The Morgan fingerprint density at radius 1 is 1.29 bits per heavy atom. The van der Waals surface area contributed by atoms with E-state index in [0.717, 1.165) is 5.56 Å². The lowest BCUT2D eigenvalue weighted by atomic mass is 10.2. The van der Waals surface area contributed by atoms with Crippen molar-refractivity contribution in [3.05, 3.63) is 46.3 Å². The van der Waals surface area contributed by atoms with Crippen LogP contribution in [0.4, 0.5) is 11.5 Å². The first-order valence-electron chi connectivity index (χ1n) is 6.06. The number of hydrogen-bond acceptors (Lipinski definition) is 7. The summed E-state index contributed by atoms with van der Waals surface area (Å²) in [5.74, 6) is 0.738. The molecule has 0 unspecified atom stereocenters. The van der Waals surface area contributed by atoms with Crippen molar-refractivity contribution in [1.29, 1.82) is 0 Å². The summed E-state index contributed by atoms with van der Waals surface area (Å²) in [6.45, 7) is 0.359. The van der Waals surface area contributed by atoms with Gasteiger partial charge in [-0.25, -0.2) is 4.98 Å². The predicted molar refractivity (Wildman–Crippen MR) is 75.6 cm³/mol. The first kappa shape index (κ1) is 14.5. The molecule has 0 aliphatic rings. The number of rotatable bonds is 6. The molecule has 1 N–H and O–H groups in total. The average Bonchev–Trinajstić information content (AvgIpc) is 2.52. The Balaban J connectivity index is 2.21. The molecule has 1 aromatic carbocycles. The number of ether oxygens (including phenoxy) is 2. The van der Waals surface area contributed by atoms with Gasteiger partial charge in [0, 0.05) is 6.54 Å². The van der Waals surface area contributed by atoms with Gasteiger partial charge in [-0.1, -0.05) is 12.1 Å². The zero-order valence-electron chi connectivity index (χ0n) is 11.6. The molecular formula is C13H14N4O4. The minimum absolute atomic E-state index is 0.0804. The smallest absolute Gasteiger partial charge is 0.372 e. The highest BCUT2D eigenvalue weighted by atomic mass is 16.6. The number of nitrogens with one attached hydrogen (secondary N) is 1. The number of hydrogen-bond donors (Lipinski definition) is 1. The summed E-state index contributed by atoms with van der Waals surface area (Å²) in [6, 6.07) is 7.36. The Kier molecular flexibility index (Phi) is 4.50. The Hall–Kier alpha value is -2.90. The minimum Gasteiger partial charge on any atom is -0.497 e. The molecule has 0 radical (unpaired) electrons. The van der Waals surface area contributed by atoms with E-state index in [1.807, 2.05) is 24.3 Å². The molecule has 0 spiro atoms. The summed E-state index contributed by atoms with van der Waals surface area (Å²) in [4.78, 5) is 18.1. The lowest BCUT2D eigenvalue weighted by Crippen LogP contribution is -2.07. The highest BCUT2D eigenvalue weighted by Crippen LogP contribution is 2.30. The third kappa shape index (κ3) is 3.35. The van der Waals surface area contributed by atoms with Gasteiger partial charge in [0.1, 0.15) is 12.1 Å². The maximum atomic E-state index is 11.1. The number of nitrogens with zero attached hydrogens (tertiary/aromatic N) is 3. The zero-order chi connectivity index (χ0) is 15.2. The van der Waals surface area contributed by atoms with Crippen molar-refractivity contribution < 1.29 is 14.4 Å². The molecule has 110 valence electrons. The molecule has 1 heterocycles. The molecule has 1 aromatic heterocycles. The molecule has 0 fully saturated rings. The molecule has 2 aromatic rings. The summed E-state index contributed by atoms with van der Waals surface area (Å²) in [5, 5.41) is 14.0. The Bertz CT molecular complexity index is 648. The topological polar surface area (TPSA) is 99.4 Å². The Morgan fingerprint density at radius 3 is 2.76 bits per heavy atom. The van der Waals surface area contributed by atoms with Gasteiger partial charge in [-0.05, 0) is 17.7 Å². The van der Waals surface area contributed by atoms with Gasteiger partial charge in [0.2, 0.25) is 5.82 Å². The molecule has 2 rings (SSSR count). The van der Waals surface area contributed by atoms with Crippen LogP contribution in [0, 0.1) is 10.1 Å². The second-order valence-corrected chi connectivity index (χ2v) is 4.04. The molecule has 21 heavy (non-hydrogen) atoms. The van der Waals surface area contributed by atoms with Crippen molar-refractivity contribution in [3.8, 4) is 11.6 Å². The van der Waals surface area contributed by atoms with Crippen molar-refractivity contribution in [2.75, 3.05) is 19.5 Å². The van der Waals surface area contributed by atoms with Gasteiger partial charge in [0.25, 0.3) is 5.88 Å². The van der Waals surface area contributed by atoms with Crippen molar-refractivity contribution in [1.82, 2.24) is 9.97 Å². The van der Waals surface area contributed by atoms with E-state index < -0.39 is 4.92 Å². The maximum Gasteiger partial charge on any atom is 0.372 e. The average molecular weight is 290 g/mol. The van der Waals surface area contributed by atoms with Crippen LogP contribution in [-0.2, 0) is 6.54 Å². The van der Waals surface area contributed by atoms with E-state index in [2.05, 4.69) is 15.3 Å². The van der Waals surface area contributed by atoms with Gasteiger partial charge < -0.3 is 14.8 Å². The third-order valence-corrected chi connectivity index (χ3v) is 2.76. The molecule has 0 amide bonds. The van der Waals surface area contributed by atoms with E-state index in [1.165, 1.54) is 13.4 Å². The Labute approximate surface area is 120 Å². The fraction of sp³-hybridized carbons (Fsp3) is 0.231. The largest absolute Gasteiger partial charge is 0.497 e. The summed E-state index contributed by atoms with van der Waals surface area (Å²) in [5.41, 5.74) is 0.615. The van der Waals surface area contributed by atoms with Gasteiger partial charge in [0.05, 0.1) is 19.1 Å². The first-order chi connectivity index (χ1) is 10.2. The minimum atomic E-state index is -0.577. The Morgan fingerprint density at radius 2 is 2.10 bits per heavy atom. The van der Waals surface area contributed by atoms with Gasteiger partial charge in [-0.3, -0.25) is 10.1 Å². The van der Waals surface area contributed by atoms with Crippen LogP contribution in [0.1, 0.15) is 5.56 Å². The molecule has 0 saturated carbocycles. The number of methoxy groups -OCH3 is 2. The quantitative estimate of drug-likeness (QED) is 0.641. The van der Waals surface area contributed by atoms with Crippen LogP contribution >= 0.6 is 0 Å². The summed E-state index contributed by atoms with van der Waals surface area (Å²) >= 11 is 0. The van der Waals surface area contributed by atoms with Crippen LogP contribution < -0.4 is 14.8 Å². The number of aromatic nitrogens is 2. The van der Waals surface area contributed by atoms with Crippen molar-refractivity contribution in [3.63, 3.8) is 0 Å². The van der Waals surface area contributed by atoms with Gasteiger partial charge in [-0.15, -0.1) is 0 Å². The van der Waals surface area contributed by atoms with Gasteiger partial charge in [0.15, 0.2) is 0 Å². The van der Waals surface area contributed by atoms with Crippen LogP contribution in [0.3, 0.4) is 0 Å². The fourth-order valence-corrected chi connectivity index (χ4v) is 1.77. The van der Waals surface area contributed by atoms with Gasteiger partial charge in [-0.2, -0.15) is 4.98 Å². The number of benzene rings is 1.